The summed E-state index contributed by atoms with van der Waals surface area (Å²) in [4.78, 5) is 20.2. The zero-order chi connectivity index (χ0) is 23.0. The van der Waals surface area contributed by atoms with Crippen LogP contribution in [0.25, 0.3) is 5.52 Å². The third-order valence-electron chi connectivity index (χ3n) is 6.78. The maximum Gasteiger partial charge on any atom is 0.246 e. The summed E-state index contributed by atoms with van der Waals surface area (Å²) in [6, 6.07) is 5.80. The van der Waals surface area contributed by atoms with Crippen LogP contribution in [-0.2, 0) is 10.2 Å². The Morgan fingerprint density at radius 1 is 1.27 bits per heavy atom. The SMILES string of the molecule is CC(C)(C)c1cc(Nc2nc(N3CCCC3C(=O)C[C@@H]3CCCNC3)nn3cccc23)n[nH]1. The van der Waals surface area contributed by atoms with E-state index < -0.39 is 0 Å². The number of hydrogen-bond acceptors (Lipinski definition) is 7. The number of Topliss-reactive ketones (excluding diaryl/α,β-unsaturated/α-hetero) is 1. The molecule has 1 unspecified atom stereocenters. The first-order chi connectivity index (χ1) is 15.9. The molecule has 2 aliphatic heterocycles. The molecule has 5 rings (SSSR count). The number of nitrogens with one attached hydrogen (secondary N) is 3. The van der Waals surface area contributed by atoms with Crippen LogP contribution in [0.3, 0.4) is 0 Å². The third-order valence-corrected chi connectivity index (χ3v) is 6.78. The maximum absolute atomic E-state index is 13.2. The lowest BCUT2D eigenvalue weighted by Crippen LogP contribution is -2.40. The van der Waals surface area contributed by atoms with E-state index in [9.17, 15) is 4.79 Å². The number of rotatable bonds is 6. The van der Waals surface area contributed by atoms with Gasteiger partial charge in [0.2, 0.25) is 5.95 Å². The highest BCUT2D eigenvalue weighted by Gasteiger charge is 2.34. The average molecular weight is 451 g/mol. The van der Waals surface area contributed by atoms with Crippen molar-refractivity contribution in [2.24, 2.45) is 5.92 Å². The lowest BCUT2D eigenvalue weighted by molar-refractivity contribution is -0.121. The van der Waals surface area contributed by atoms with Gasteiger partial charge in [-0.3, -0.25) is 9.89 Å². The van der Waals surface area contributed by atoms with E-state index in [4.69, 9.17) is 10.1 Å². The summed E-state index contributed by atoms with van der Waals surface area (Å²) in [6.07, 6.45) is 6.67. The molecular formula is C24H34N8O. The highest BCUT2D eigenvalue weighted by molar-refractivity contribution is 5.87. The fourth-order valence-electron chi connectivity index (χ4n) is 4.89. The van der Waals surface area contributed by atoms with E-state index in [0.29, 0.717) is 35.7 Å². The highest BCUT2D eigenvalue weighted by atomic mass is 16.1. The van der Waals surface area contributed by atoms with E-state index >= 15 is 0 Å². The monoisotopic (exact) mass is 450 g/mol. The van der Waals surface area contributed by atoms with Gasteiger partial charge in [-0.25, -0.2) is 4.52 Å². The van der Waals surface area contributed by atoms with E-state index in [1.54, 1.807) is 0 Å². The van der Waals surface area contributed by atoms with Crippen molar-refractivity contribution in [1.29, 1.82) is 0 Å². The molecule has 5 heterocycles. The van der Waals surface area contributed by atoms with E-state index in [2.05, 4.69) is 46.5 Å². The third kappa shape index (κ3) is 4.59. The first-order valence-corrected chi connectivity index (χ1v) is 12.1. The summed E-state index contributed by atoms with van der Waals surface area (Å²) in [7, 11) is 0. The summed E-state index contributed by atoms with van der Waals surface area (Å²) >= 11 is 0. The van der Waals surface area contributed by atoms with Gasteiger partial charge in [-0.2, -0.15) is 10.1 Å². The number of fused-ring (bicyclic) bond motifs is 1. The molecule has 9 nitrogen and oxygen atoms in total. The highest BCUT2D eigenvalue weighted by Crippen LogP contribution is 2.29. The molecule has 0 radical (unpaired) electrons. The van der Waals surface area contributed by atoms with Gasteiger partial charge >= 0.3 is 0 Å². The number of nitrogens with zero attached hydrogens (tertiary/aromatic N) is 5. The van der Waals surface area contributed by atoms with Crippen LogP contribution in [0.2, 0.25) is 0 Å². The van der Waals surface area contributed by atoms with Crippen LogP contribution in [-0.4, -0.2) is 56.3 Å². The Hall–Kier alpha value is -2.94. The van der Waals surface area contributed by atoms with Crippen molar-refractivity contribution < 1.29 is 4.79 Å². The predicted molar refractivity (Wildman–Crippen MR) is 129 cm³/mol. The number of hydrogen-bond donors (Lipinski definition) is 3. The molecule has 0 spiro atoms. The van der Waals surface area contributed by atoms with Gasteiger partial charge in [0.15, 0.2) is 17.4 Å². The molecule has 176 valence electrons. The zero-order valence-corrected chi connectivity index (χ0v) is 19.8. The minimum Gasteiger partial charge on any atom is -0.329 e. The number of ketones is 1. The number of carbonyl (C=O) groups excluding carboxylic acids is 1. The smallest absolute Gasteiger partial charge is 0.246 e. The van der Waals surface area contributed by atoms with Crippen molar-refractivity contribution >= 4 is 28.9 Å². The minimum absolute atomic E-state index is 0.0227. The van der Waals surface area contributed by atoms with Crippen molar-refractivity contribution in [3.8, 4) is 0 Å². The Kier molecular flexibility index (Phi) is 5.82. The van der Waals surface area contributed by atoms with Crippen LogP contribution in [0.15, 0.2) is 24.4 Å². The molecule has 0 aromatic carbocycles. The van der Waals surface area contributed by atoms with Gasteiger partial charge in [0, 0.05) is 36.3 Å². The fourth-order valence-corrected chi connectivity index (χ4v) is 4.89. The first-order valence-electron chi connectivity index (χ1n) is 12.1. The number of piperidine rings is 1. The molecule has 0 bridgehead atoms. The van der Waals surface area contributed by atoms with Gasteiger partial charge in [-0.05, 0) is 56.8 Å². The van der Waals surface area contributed by atoms with Gasteiger partial charge in [0.05, 0.1) is 6.04 Å². The van der Waals surface area contributed by atoms with E-state index in [1.807, 2.05) is 28.9 Å². The first kappa shape index (κ1) is 21.9. The Morgan fingerprint density at radius 3 is 2.91 bits per heavy atom. The molecule has 0 amide bonds. The van der Waals surface area contributed by atoms with Crippen LogP contribution < -0.4 is 15.5 Å². The number of anilines is 3. The minimum atomic E-state index is -0.148. The van der Waals surface area contributed by atoms with Crippen molar-refractivity contribution in [3.63, 3.8) is 0 Å². The molecule has 33 heavy (non-hydrogen) atoms. The summed E-state index contributed by atoms with van der Waals surface area (Å²) in [5, 5.41) is 19.1. The number of aromatic amines is 1. The Balaban J connectivity index is 1.40. The second-order valence-electron chi connectivity index (χ2n) is 10.4. The van der Waals surface area contributed by atoms with E-state index in [-0.39, 0.29) is 11.5 Å². The van der Waals surface area contributed by atoms with Gasteiger partial charge < -0.3 is 15.5 Å². The van der Waals surface area contributed by atoms with Gasteiger partial charge in [-0.15, -0.1) is 5.10 Å². The topological polar surface area (TPSA) is 103 Å². The summed E-state index contributed by atoms with van der Waals surface area (Å²) in [5.41, 5.74) is 1.90. The molecule has 9 heteroatoms. The second kappa shape index (κ2) is 8.78. The van der Waals surface area contributed by atoms with Crippen molar-refractivity contribution in [1.82, 2.24) is 30.1 Å². The van der Waals surface area contributed by atoms with E-state index in [1.165, 1.54) is 0 Å². The van der Waals surface area contributed by atoms with Crippen LogP contribution in [0.1, 0.15) is 58.6 Å². The molecular weight excluding hydrogens is 416 g/mol. The fraction of sp³-hybridized carbons (Fsp3) is 0.583. The summed E-state index contributed by atoms with van der Waals surface area (Å²) in [6.45, 7) is 9.24. The molecule has 3 aromatic rings. The zero-order valence-electron chi connectivity index (χ0n) is 19.8. The van der Waals surface area contributed by atoms with Crippen molar-refractivity contribution in [3.05, 3.63) is 30.1 Å². The van der Waals surface area contributed by atoms with Gasteiger partial charge in [-0.1, -0.05) is 20.8 Å². The molecule has 3 aromatic heterocycles. The lowest BCUT2D eigenvalue weighted by atomic mass is 9.91. The van der Waals surface area contributed by atoms with Crippen molar-refractivity contribution in [2.75, 3.05) is 29.9 Å². The number of aromatic nitrogens is 5. The number of H-pyrrole nitrogens is 1. The van der Waals surface area contributed by atoms with Crippen LogP contribution in [0.4, 0.5) is 17.6 Å². The van der Waals surface area contributed by atoms with Gasteiger partial charge in [0.1, 0.15) is 5.52 Å². The van der Waals surface area contributed by atoms with Crippen LogP contribution >= 0.6 is 0 Å². The molecule has 2 saturated heterocycles. The van der Waals surface area contributed by atoms with Crippen LogP contribution in [0.5, 0.6) is 0 Å². The quantitative estimate of drug-likeness (QED) is 0.529. The molecule has 0 saturated carbocycles. The standard InChI is InChI=1S/C24H34N8O/c1-24(2,3)20-14-21(29-28-20)26-22-18-9-6-12-32(18)30-23(27-22)31-11-5-8-17(31)19(33)13-16-7-4-10-25-15-16/h6,9,12,14,16-17,25H,4-5,7-8,10-11,13,15H2,1-3H3,(H2,26,27,28,29,30)/t16-,17?/m0/s1. The molecule has 2 aliphatic rings. The Bertz CT molecular complexity index is 1120. The van der Waals surface area contributed by atoms with Crippen molar-refractivity contribution in [2.45, 2.75) is 64.3 Å². The molecule has 2 atom stereocenters. The molecule has 2 fully saturated rings. The second-order valence-corrected chi connectivity index (χ2v) is 10.4. The number of carbonyl (C=O) groups is 1. The molecule has 3 N–H and O–H groups in total. The Labute approximate surface area is 194 Å². The molecule has 0 aliphatic carbocycles. The lowest BCUT2D eigenvalue weighted by Gasteiger charge is -2.27. The maximum atomic E-state index is 13.2. The largest absolute Gasteiger partial charge is 0.329 e. The van der Waals surface area contributed by atoms with E-state index in [0.717, 1.165) is 56.5 Å². The average Bonchev–Trinajstić information content (AvgIpc) is 3.54. The van der Waals surface area contributed by atoms with Gasteiger partial charge in [0.25, 0.3) is 0 Å². The summed E-state index contributed by atoms with van der Waals surface area (Å²) in [5.74, 6) is 2.74. The Morgan fingerprint density at radius 2 is 2.15 bits per heavy atom. The predicted octanol–water partition coefficient (Wildman–Crippen LogP) is 3.42. The summed E-state index contributed by atoms with van der Waals surface area (Å²) < 4.78 is 1.83. The normalized spacial score (nSPS) is 21.6. The van der Waals surface area contributed by atoms with Crippen LogP contribution in [0, 0.1) is 5.92 Å².